The molecule has 1 unspecified atom stereocenters. The topological polar surface area (TPSA) is 32.3 Å². The molecule has 0 saturated carbocycles. The molecule has 0 aromatic heterocycles. The van der Waals surface area contributed by atoms with Crippen LogP contribution >= 0.6 is 0 Å². The first kappa shape index (κ1) is 15.5. The van der Waals surface area contributed by atoms with Gasteiger partial charge in [-0.2, -0.15) is 0 Å². The van der Waals surface area contributed by atoms with Gasteiger partial charge in [0.25, 0.3) is 0 Å². The van der Waals surface area contributed by atoms with Crippen molar-refractivity contribution >= 4 is 0 Å². The third-order valence-electron chi connectivity index (χ3n) is 4.78. The number of nitrogens with one attached hydrogen (secondary N) is 1. The molecule has 2 N–H and O–H groups in total. The van der Waals surface area contributed by atoms with Crippen molar-refractivity contribution in [2.24, 2.45) is 5.92 Å². The number of piperidine rings is 1. The Morgan fingerprint density at radius 1 is 1.10 bits per heavy atom. The number of hydrogen-bond donors (Lipinski definition) is 2. The van der Waals surface area contributed by atoms with Crippen molar-refractivity contribution < 1.29 is 5.11 Å². The van der Waals surface area contributed by atoms with Crippen LogP contribution in [0.25, 0.3) is 0 Å². The van der Waals surface area contributed by atoms with Crippen molar-refractivity contribution in [1.29, 1.82) is 0 Å². The zero-order valence-corrected chi connectivity index (χ0v) is 13.6. The second kappa shape index (κ2) is 5.50. The van der Waals surface area contributed by atoms with E-state index >= 15 is 0 Å². The zero-order valence-electron chi connectivity index (χ0n) is 13.6. The first-order valence-corrected chi connectivity index (χ1v) is 7.77. The van der Waals surface area contributed by atoms with Gasteiger partial charge in [-0.05, 0) is 67.8 Å². The molecule has 1 heterocycles. The smallest absolute Gasteiger partial charge is 0.0900 e. The van der Waals surface area contributed by atoms with E-state index in [1.165, 1.54) is 11.1 Å². The summed E-state index contributed by atoms with van der Waals surface area (Å²) in [4.78, 5) is 0. The number of benzene rings is 1. The van der Waals surface area contributed by atoms with Crippen molar-refractivity contribution in [3.05, 3.63) is 34.9 Å². The lowest BCUT2D eigenvalue weighted by Gasteiger charge is -2.38. The largest absolute Gasteiger partial charge is 0.385 e. The molecule has 1 saturated heterocycles. The van der Waals surface area contributed by atoms with Gasteiger partial charge in [0.1, 0.15) is 0 Å². The van der Waals surface area contributed by atoms with Crippen molar-refractivity contribution in [1.82, 2.24) is 5.32 Å². The summed E-state index contributed by atoms with van der Waals surface area (Å²) in [7, 11) is 0. The number of rotatable bonds is 2. The second-order valence-corrected chi connectivity index (χ2v) is 7.45. The average Bonchev–Trinajstić information content (AvgIpc) is 2.38. The number of aliphatic hydroxyl groups is 1. The molecule has 2 heteroatoms. The Morgan fingerprint density at radius 3 is 2.25 bits per heavy atom. The molecule has 1 aromatic rings. The quantitative estimate of drug-likeness (QED) is 0.866. The first-order chi connectivity index (χ1) is 9.23. The summed E-state index contributed by atoms with van der Waals surface area (Å²) in [6.45, 7) is 12.8. The molecular formula is C18H29NO. The van der Waals surface area contributed by atoms with Gasteiger partial charge >= 0.3 is 0 Å². The van der Waals surface area contributed by atoms with Crippen molar-refractivity contribution in [2.45, 2.75) is 58.5 Å². The highest BCUT2D eigenvalue weighted by Gasteiger charge is 2.36. The third kappa shape index (κ3) is 3.07. The molecule has 1 atom stereocenters. The van der Waals surface area contributed by atoms with Crippen LogP contribution in [-0.4, -0.2) is 18.2 Å². The van der Waals surface area contributed by atoms with Gasteiger partial charge in [-0.1, -0.05) is 39.0 Å². The zero-order chi connectivity index (χ0) is 15.0. The van der Waals surface area contributed by atoms with E-state index in [2.05, 4.69) is 51.2 Å². The minimum absolute atomic E-state index is 0.118. The molecule has 0 aliphatic carbocycles. The number of hydrogen-bond acceptors (Lipinski definition) is 2. The van der Waals surface area contributed by atoms with Gasteiger partial charge in [-0.25, -0.2) is 0 Å². The lowest BCUT2D eigenvalue weighted by atomic mass is 9.74. The standard InChI is InChI=1S/C18H29NO/c1-13-6-7-15(17(2,3)4)12-16(13)18(5,20)14-8-10-19-11-9-14/h6-7,12,14,19-20H,8-11H2,1-5H3. The first-order valence-electron chi connectivity index (χ1n) is 7.77. The van der Waals surface area contributed by atoms with E-state index in [4.69, 9.17) is 0 Å². The molecule has 1 aliphatic heterocycles. The molecule has 1 aliphatic rings. The van der Waals surface area contributed by atoms with Crippen LogP contribution in [0.5, 0.6) is 0 Å². The predicted molar refractivity (Wildman–Crippen MR) is 85.0 cm³/mol. The highest BCUT2D eigenvalue weighted by Crippen LogP contribution is 2.38. The summed E-state index contributed by atoms with van der Waals surface area (Å²) in [5.41, 5.74) is 2.99. The Bertz CT molecular complexity index is 465. The maximum atomic E-state index is 11.2. The maximum absolute atomic E-state index is 11.2. The molecule has 1 aromatic carbocycles. The lowest BCUT2D eigenvalue weighted by molar-refractivity contribution is -0.0192. The lowest BCUT2D eigenvalue weighted by Crippen LogP contribution is -2.40. The van der Waals surface area contributed by atoms with E-state index in [1.54, 1.807) is 0 Å². The monoisotopic (exact) mass is 275 g/mol. The van der Waals surface area contributed by atoms with Gasteiger partial charge < -0.3 is 10.4 Å². The Labute approximate surface area is 123 Å². The van der Waals surface area contributed by atoms with Gasteiger partial charge in [0, 0.05) is 0 Å². The summed E-state index contributed by atoms with van der Waals surface area (Å²) >= 11 is 0. The van der Waals surface area contributed by atoms with Crippen molar-refractivity contribution in [3.63, 3.8) is 0 Å². The summed E-state index contributed by atoms with van der Waals surface area (Å²) in [6, 6.07) is 6.57. The van der Waals surface area contributed by atoms with Gasteiger partial charge in [-0.15, -0.1) is 0 Å². The average molecular weight is 275 g/mol. The van der Waals surface area contributed by atoms with Gasteiger partial charge in [0.15, 0.2) is 0 Å². The molecule has 20 heavy (non-hydrogen) atoms. The molecule has 1 fully saturated rings. The number of aryl methyl sites for hydroxylation is 1. The van der Waals surface area contributed by atoms with Crippen LogP contribution in [0.15, 0.2) is 18.2 Å². The normalized spacial score (nSPS) is 20.7. The molecule has 0 bridgehead atoms. The molecule has 0 radical (unpaired) electrons. The molecule has 2 nitrogen and oxygen atoms in total. The van der Waals surface area contributed by atoms with Crippen LogP contribution in [0.1, 0.15) is 57.2 Å². The van der Waals surface area contributed by atoms with E-state index < -0.39 is 5.60 Å². The Morgan fingerprint density at radius 2 is 1.70 bits per heavy atom. The molecule has 2 rings (SSSR count). The van der Waals surface area contributed by atoms with E-state index in [9.17, 15) is 5.11 Å². The highest BCUT2D eigenvalue weighted by molar-refractivity contribution is 5.38. The van der Waals surface area contributed by atoms with Crippen LogP contribution in [0.2, 0.25) is 0 Å². The van der Waals surface area contributed by atoms with Crippen LogP contribution in [-0.2, 0) is 11.0 Å². The molecule has 0 amide bonds. The predicted octanol–water partition coefficient (Wildman–Crippen LogP) is 3.50. The maximum Gasteiger partial charge on any atom is 0.0900 e. The van der Waals surface area contributed by atoms with Crippen LogP contribution in [0.4, 0.5) is 0 Å². The summed E-state index contributed by atoms with van der Waals surface area (Å²) < 4.78 is 0. The van der Waals surface area contributed by atoms with Crippen LogP contribution in [0, 0.1) is 12.8 Å². The van der Waals surface area contributed by atoms with Crippen molar-refractivity contribution in [3.8, 4) is 0 Å². The molecule has 0 spiro atoms. The van der Waals surface area contributed by atoms with Gasteiger partial charge in [0.05, 0.1) is 5.60 Å². The van der Waals surface area contributed by atoms with Gasteiger partial charge in [0.2, 0.25) is 0 Å². The summed E-state index contributed by atoms with van der Waals surface area (Å²) in [5, 5.41) is 14.5. The Kier molecular flexibility index (Phi) is 4.27. The van der Waals surface area contributed by atoms with Crippen LogP contribution < -0.4 is 5.32 Å². The third-order valence-corrected chi connectivity index (χ3v) is 4.78. The summed E-state index contributed by atoms with van der Waals surface area (Å²) in [5.74, 6) is 0.345. The molecule has 112 valence electrons. The van der Waals surface area contributed by atoms with Crippen LogP contribution in [0.3, 0.4) is 0 Å². The summed E-state index contributed by atoms with van der Waals surface area (Å²) in [6.07, 6.45) is 2.10. The minimum Gasteiger partial charge on any atom is -0.385 e. The fraction of sp³-hybridized carbons (Fsp3) is 0.667. The Hall–Kier alpha value is -0.860. The van der Waals surface area contributed by atoms with E-state index in [1.807, 2.05) is 6.92 Å². The Balaban J connectivity index is 2.39. The SMILES string of the molecule is Cc1ccc(C(C)(C)C)cc1C(C)(O)C1CCNCC1. The fourth-order valence-electron chi connectivity index (χ4n) is 3.24. The van der Waals surface area contributed by atoms with Crippen molar-refractivity contribution in [2.75, 3.05) is 13.1 Å². The fourth-order valence-corrected chi connectivity index (χ4v) is 3.24. The van der Waals surface area contributed by atoms with E-state index in [-0.39, 0.29) is 5.41 Å². The van der Waals surface area contributed by atoms with E-state index in [0.717, 1.165) is 31.5 Å². The minimum atomic E-state index is -0.729. The molecular weight excluding hydrogens is 246 g/mol. The highest BCUT2D eigenvalue weighted by atomic mass is 16.3. The van der Waals surface area contributed by atoms with E-state index in [0.29, 0.717) is 5.92 Å². The second-order valence-electron chi connectivity index (χ2n) is 7.45. The van der Waals surface area contributed by atoms with Gasteiger partial charge in [-0.3, -0.25) is 0 Å².